The maximum atomic E-state index is 12.1. The molecule has 1 heterocycles. The van der Waals surface area contributed by atoms with Gasteiger partial charge in [0.15, 0.2) is 0 Å². The van der Waals surface area contributed by atoms with Crippen LogP contribution in [0.15, 0.2) is 24.3 Å². The summed E-state index contributed by atoms with van der Waals surface area (Å²) in [5, 5.41) is 9.70. The number of benzene rings is 1. The molecule has 26 heavy (non-hydrogen) atoms. The number of hydrogen-bond donors (Lipinski definition) is 1. The fraction of sp³-hybridized carbons (Fsp3) is 0.579. The minimum absolute atomic E-state index is 0.356. The van der Waals surface area contributed by atoms with Gasteiger partial charge in [-0.2, -0.15) is 0 Å². The summed E-state index contributed by atoms with van der Waals surface area (Å²) in [4.78, 5) is 27.5. The Morgan fingerprint density at radius 3 is 2.15 bits per heavy atom. The fourth-order valence-corrected chi connectivity index (χ4v) is 2.91. The second-order valence-corrected chi connectivity index (χ2v) is 7.25. The number of carboxylic acid groups (broad SMARTS) is 1. The Morgan fingerprint density at radius 2 is 1.69 bits per heavy atom. The second kappa shape index (κ2) is 8.40. The highest BCUT2D eigenvalue weighted by Crippen LogP contribution is 2.25. The van der Waals surface area contributed by atoms with Gasteiger partial charge in [0.1, 0.15) is 17.4 Å². The van der Waals surface area contributed by atoms with E-state index < -0.39 is 17.6 Å². The van der Waals surface area contributed by atoms with Crippen molar-refractivity contribution in [1.82, 2.24) is 9.80 Å². The normalized spacial score (nSPS) is 16.8. The second-order valence-electron chi connectivity index (χ2n) is 7.25. The van der Waals surface area contributed by atoms with E-state index in [9.17, 15) is 14.7 Å². The summed E-state index contributed by atoms with van der Waals surface area (Å²) in [6, 6.07) is 6.39. The minimum Gasteiger partial charge on any atom is -0.494 e. The number of rotatable bonds is 5. The van der Waals surface area contributed by atoms with E-state index in [-0.39, 0.29) is 6.09 Å². The van der Waals surface area contributed by atoms with Crippen molar-refractivity contribution < 1.29 is 24.2 Å². The van der Waals surface area contributed by atoms with Crippen molar-refractivity contribution in [3.05, 3.63) is 29.8 Å². The molecule has 1 aromatic carbocycles. The average molecular weight is 364 g/mol. The standard InChI is InChI=1S/C19H28N2O5/c1-5-25-15-8-6-14(7-9-15)16(17(22)23)20-10-12-21(13-11-20)18(24)26-19(2,3)4/h6-9,16H,5,10-13H2,1-4H3,(H,22,23). The van der Waals surface area contributed by atoms with Gasteiger partial charge in [-0.1, -0.05) is 12.1 Å². The first-order valence-electron chi connectivity index (χ1n) is 8.89. The van der Waals surface area contributed by atoms with Crippen molar-refractivity contribution in [2.24, 2.45) is 0 Å². The Kier molecular flexibility index (Phi) is 6.47. The van der Waals surface area contributed by atoms with Crippen LogP contribution in [0.25, 0.3) is 0 Å². The molecule has 1 fully saturated rings. The minimum atomic E-state index is -0.903. The van der Waals surface area contributed by atoms with E-state index in [1.54, 1.807) is 29.2 Å². The average Bonchev–Trinajstić information content (AvgIpc) is 2.55. The van der Waals surface area contributed by atoms with Crippen LogP contribution in [0.4, 0.5) is 4.79 Å². The monoisotopic (exact) mass is 364 g/mol. The molecule has 0 spiro atoms. The highest BCUT2D eigenvalue weighted by Gasteiger charge is 2.32. The number of amides is 1. The van der Waals surface area contributed by atoms with Gasteiger partial charge in [-0.15, -0.1) is 0 Å². The summed E-state index contributed by atoms with van der Waals surface area (Å²) in [7, 11) is 0. The number of piperazine rings is 1. The van der Waals surface area contributed by atoms with Gasteiger partial charge in [-0.05, 0) is 45.4 Å². The zero-order valence-electron chi connectivity index (χ0n) is 15.9. The maximum absolute atomic E-state index is 12.1. The first kappa shape index (κ1) is 20.0. The van der Waals surface area contributed by atoms with E-state index in [2.05, 4.69) is 0 Å². The summed E-state index contributed by atoms with van der Waals surface area (Å²) in [6.07, 6.45) is -0.356. The molecule has 0 bridgehead atoms. The largest absolute Gasteiger partial charge is 0.494 e. The number of ether oxygens (including phenoxy) is 2. The van der Waals surface area contributed by atoms with Crippen molar-refractivity contribution in [2.45, 2.75) is 39.3 Å². The zero-order valence-corrected chi connectivity index (χ0v) is 15.9. The quantitative estimate of drug-likeness (QED) is 0.865. The van der Waals surface area contributed by atoms with E-state index in [1.807, 2.05) is 32.6 Å². The van der Waals surface area contributed by atoms with E-state index in [0.717, 1.165) is 5.75 Å². The molecule has 1 saturated heterocycles. The Bertz CT molecular complexity index is 616. The van der Waals surface area contributed by atoms with Crippen molar-refractivity contribution in [3.63, 3.8) is 0 Å². The van der Waals surface area contributed by atoms with Crippen molar-refractivity contribution in [3.8, 4) is 5.75 Å². The van der Waals surface area contributed by atoms with Gasteiger partial charge in [-0.25, -0.2) is 4.79 Å². The van der Waals surface area contributed by atoms with Crippen LogP contribution in [-0.4, -0.2) is 65.4 Å². The van der Waals surface area contributed by atoms with Crippen molar-refractivity contribution >= 4 is 12.1 Å². The first-order valence-corrected chi connectivity index (χ1v) is 8.89. The molecule has 1 atom stereocenters. The highest BCUT2D eigenvalue weighted by molar-refractivity contribution is 5.75. The molecule has 7 heteroatoms. The Balaban J connectivity index is 2.02. The number of hydrogen-bond acceptors (Lipinski definition) is 5. The number of aliphatic carboxylic acids is 1. The van der Waals surface area contributed by atoms with E-state index in [4.69, 9.17) is 9.47 Å². The lowest BCUT2D eigenvalue weighted by Gasteiger charge is -2.38. The molecule has 1 aromatic rings. The Labute approximate surface area is 154 Å². The van der Waals surface area contributed by atoms with E-state index in [0.29, 0.717) is 38.3 Å². The Morgan fingerprint density at radius 1 is 1.12 bits per heavy atom. The molecule has 2 rings (SSSR count). The van der Waals surface area contributed by atoms with Crippen LogP contribution in [0.1, 0.15) is 39.3 Å². The van der Waals surface area contributed by atoms with Gasteiger partial charge >= 0.3 is 12.1 Å². The van der Waals surface area contributed by atoms with Gasteiger partial charge in [0.25, 0.3) is 0 Å². The molecule has 144 valence electrons. The van der Waals surface area contributed by atoms with Crippen LogP contribution in [0.5, 0.6) is 5.75 Å². The van der Waals surface area contributed by atoms with Crippen LogP contribution in [0.2, 0.25) is 0 Å². The van der Waals surface area contributed by atoms with Gasteiger partial charge < -0.3 is 19.5 Å². The maximum Gasteiger partial charge on any atom is 0.410 e. The molecular weight excluding hydrogens is 336 g/mol. The van der Waals surface area contributed by atoms with Crippen LogP contribution in [0, 0.1) is 0 Å². The van der Waals surface area contributed by atoms with Crippen LogP contribution >= 0.6 is 0 Å². The molecule has 0 radical (unpaired) electrons. The zero-order chi connectivity index (χ0) is 19.3. The smallest absolute Gasteiger partial charge is 0.410 e. The van der Waals surface area contributed by atoms with Gasteiger partial charge in [0.05, 0.1) is 6.61 Å². The predicted octanol–water partition coefficient (Wildman–Crippen LogP) is 2.76. The lowest BCUT2D eigenvalue weighted by Crippen LogP contribution is -2.51. The lowest BCUT2D eigenvalue weighted by molar-refractivity contribution is -0.144. The van der Waals surface area contributed by atoms with Crippen LogP contribution < -0.4 is 4.74 Å². The SMILES string of the molecule is CCOc1ccc(C(C(=O)O)N2CCN(C(=O)OC(C)(C)C)CC2)cc1. The summed E-state index contributed by atoms with van der Waals surface area (Å²) < 4.78 is 10.8. The number of carboxylic acids is 1. The molecule has 0 aromatic heterocycles. The summed E-state index contributed by atoms with van der Waals surface area (Å²) in [5.41, 5.74) is 0.159. The fourth-order valence-electron chi connectivity index (χ4n) is 2.91. The molecule has 7 nitrogen and oxygen atoms in total. The van der Waals surface area contributed by atoms with Crippen LogP contribution in [-0.2, 0) is 9.53 Å². The molecule has 1 amide bonds. The molecule has 0 saturated carbocycles. The third-order valence-corrected chi connectivity index (χ3v) is 4.07. The summed E-state index contributed by atoms with van der Waals surface area (Å²) >= 11 is 0. The van der Waals surface area contributed by atoms with Crippen LogP contribution in [0.3, 0.4) is 0 Å². The number of carbonyl (C=O) groups excluding carboxylic acids is 1. The van der Waals surface area contributed by atoms with E-state index >= 15 is 0 Å². The number of carbonyl (C=O) groups is 2. The Hall–Kier alpha value is -2.28. The van der Waals surface area contributed by atoms with Gasteiger partial charge in [0.2, 0.25) is 0 Å². The topological polar surface area (TPSA) is 79.3 Å². The first-order chi connectivity index (χ1) is 12.2. The van der Waals surface area contributed by atoms with E-state index in [1.165, 1.54) is 0 Å². The molecular formula is C19H28N2O5. The third-order valence-electron chi connectivity index (χ3n) is 4.07. The molecule has 1 aliphatic heterocycles. The molecule has 1 unspecified atom stereocenters. The van der Waals surface area contributed by atoms with Crippen molar-refractivity contribution in [2.75, 3.05) is 32.8 Å². The lowest BCUT2D eigenvalue weighted by atomic mass is 10.0. The molecule has 1 aliphatic rings. The summed E-state index contributed by atoms with van der Waals surface area (Å²) in [6.45, 7) is 9.78. The molecule has 1 N–H and O–H groups in total. The predicted molar refractivity (Wildman–Crippen MR) is 97.4 cm³/mol. The van der Waals surface area contributed by atoms with Crippen molar-refractivity contribution in [1.29, 1.82) is 0 Å². The summed E-state index contributed by atoms with van der Waals surface area (Å²) in [5.74, 6) is -0.185. The highest BCUT2D eigenvalue weighted by atomic mass is 16.6. The van der Waals surface area contributed by atoms with Gasteiger partial charge in [0, 0.05) is 26.2 Å². The third kappa shape index (κ3) is 5.36. The molecule has 0 aliphatic carbocycles. The number of nitrogens with zero attached hydrogens (tertiary/aromatic N) is 2. The van der Waals surface area contributed by atoms with Gasteiger partial charge in [-0.3, -0.25) is 9.69 Å².